The van der Waals surface area contributed by atoms with Gasteiger partial charge in [-0.1, -0.05) is 30.3 Å². The number of aromatic nitrogens is 3. The summed E-state index contributed by atoms with van der Waals surface area (Å²) in [6.07, 6.45) is 0. The highest BCUT2D eigenvalue weighted by atomic mass is 32.1. The molecule has 0 aliphatic carbocycles. The molecule has 0 spiro atoms. The molecule has 0 aliphatic heterocycles. The van der Waals surface area contributed by atoms with Gasteiger partial charge in [0.2, 0.25) is 4.77 Å². The Morgan fingerprint density at radius 1 is 1.31 bits per heavy atom. The van der Waals surface area contributed by atoms with E-state index in [0.717, 1.165) is 5.56 Å². The zero-order valence-corrected chi connectivity index (χ0v) is 7.58. The molecular weight excluding hydrogens is 184 g/mol. The molecule has 0 aliphatic rings. The molecule has 1 aromatic heterocycles. The lowest BCUT2D eigenvalue weighted by Gasteiger charge is -1.98. The summed E-state index contributed by atoms with van der Waals surface area (Å²) in [6, 6.07) is 9.63. The van der Waals surface area contributed by atoms with E-state index in [-0.39, 0.29) is 0 Å². The molecule has 0 fully saturated rings. The van der Waals surface area contributed by atoms with Crippen LogP contribution in [0.25, 0.3) is 11.4 Å². The third kappa shape index (κ3) is 1.46. The monoisotopic (exact) mass is 192 g/mol. The van der Waals surface area contributed by atoms with Crippen LogP contribution in [-0.4, -0.2) is 14.9 Å². The Morgan fingerprint density at radius 2 is 2.00 bits per heavy atom. The number of H-pyrrole nitrogens is 1. The first-order valence-electron chi connectivity index (χ1n) is 3.77. The number of nitrogens with one attached hydrogen (secondary N) is 1. The molecule has 0 unspecified atom stereocenters. The Morgan fingerprint density at radius 3 is 2.54 bits per heavy atom. The second kappa shape index (κ2) is 3.02. The van der Waals surface area contributed by atoms with Crippen LogP contribution in [0.4, 0.5) is 0 Å². The van der Waals surface area contributed by atoms with E-state index in [0.29, 0.717) is 10.6 Å². The zero-order valence-electron chi connectivity index (χ0n) is 6.77. The molecule has 1 heterocycles. The highest BCUT2D eigenvalue weighted by molar-refractivity contribution is 7.71. The van der Waals surface area contributed by atoms with Crippen LogP contribution in [0.1, 0.15) is 0 Å². The van der Waals surface area contributed by atoms with Gasteiger partial charge in [-0.3, -0.25) is 5.10 Å². The van der Waals surface area contributed by atoms with E-state index in [2.05, 4.69) is 10.1 Å². The Hall–Kier alpha value is -1.62. The van der Waals surface area contributed by atoms with Gasteiger partial charge >= 0.3 is 0 Å². The van der Waals surface area contributed by atoms with Crippen molar-refractivity contribution in [1.29, 1.82) is 0 Å². The molecule has 0 saturated carbocycles. The summed E-state index contributed by atoms with van der Waals surface area (Å²) >= 11 is 4.85. The van der Waals surface area contributed by atoms with Crippen molar-refractivity contribution in [1.82, 2.24) is 14.9 Å². The van der Waals surface area contributed by atoms with E-state index in [4.69, 9.17) is 18.1 Å². The lowest BCUT2D eigenvalue weighted by atomic mass is 10.2. The number of nitrogens with zero attached hydrogens (tertiary/aromatic N) is 2. The topological polar surface area (TPSA) is 59.6 Å². The van der Waals surface area contributed by atoms with Gasteiger partial charge in [0, 0.05) is 5.56 Å². The van der Waals surface area contributed by atoms with Gasteiger partial charge < -0.3 is 5.84 Å². The maximum Gasteiger partial charge on any atom is 0.215 e. The molecule has 0 saturated heterocycles. The van der Waals surface area contributed by atoms with Crippen LogP contribution in [0.5, 0.6) is 0 Å². The fourth-order valence-corrected chi connectivity index (χ4v) is 1.31. The van der Waals surface area contributed by atoms with Crippen molar-refractivity contribution in [2.45, 2.75) is 0 Å². The maximum atomic E-state index is 5.61. The average molecular weight is 192 g/mol. The molecule has 5 heteroatoms. The van der Waals surface area contributed by atoms with Gasteiger partial charge in [-0.25, -0.2) is 0 Å². The van der Waals surface area contributed by atoms with Crippen molar-refractivity contribution in [3.8, 4) is 11.4 Å². The Bertz CT molecular complexity index is 456. The summed E-state index contributed by atoms with van der Waals surface area (Å²) in [5, 5.41) is 2.70. The third-order valence-corrected chi connectivity index (χ3v) is 1.87. The molecular formula is C8H8N4S. The number of rotatable bonds is 1. The highest BCUT2D eigenvalue weighted by Crippen LogP contribution is 2.13. The fourth-order valence-electron chi connectivity index (χ4n) is 1.12. The van der Waals surface area contributed by atoms with Crippen molar-refractivity contribution in [2.24, 2.45) is 0 Å². The average Bonchev–Trinajstić information content (AvgIpc) is 2.47. The molecule has 13 heavy (non-hydrogen) atoms. The van der Waals surface area contributed by atoms with E-state index in [1.807, 2.05) is 30.3 Å². The molecule has 0 radical (unpaired) electrons. The first-order chi connectivity index (χ1) is 6.27. The SMILES string of the molecule is Nn1[nH]c(=S)nc1-c1ccccc1. The predicted molar refractivity (Wildman–Crippen MR) is 53.0 cm³/mol. The molecule has 1 aromatic carbocycles. The Kier molecular flexibility index (Phi) is 1.86. The number of aromatic amines is 1. The van der Waals surface area contributed by atoms with E-state index in [1.54, 1.807) is 0 Å². The summed E-state index contributed by atoms with van der Waals surface area (Å²) in [5.74, 6) is 6.25. The minimum Gasteiger partial charge on any atom is -0.323 e. The lowest BCUT2D eigenvalue weighted by molar-refractivity contribution is 0.834. The minimum absolute atomic E-state index is 0.390. The third-order valence-electron chi connectivity index (χ3n) is 1.68. The summed E-state index contributed by atoms with van der Waals surface area (Å²) < 4.78 is 0.390. The summed E-state index contributed by atoms with van der Waals surface area (Å²) in [4.78, 5) is 5.39. The van der Waals surface area contributed by atoms with Gasteiger partial charge in [-0.15, -0.1) is 0 Å². The van der Waals surface area contributed by atoms with Gasteiger partial charge in [0.1, 0.15) is 0 Å². The van der Waals surface area contributed by atoms with E-state index >= 15 is 0 Å². The minimum atomic E-state index is 0.390. The number of hydrogen-bond donors (Lipinski definition) is 2. The van der Waals surface area contributed by atoms with E-state index in [9.17, 15) is 0 Å². The number of benzene rings is 1. The molecule has 66 valence electrons. The standard InChI is InChI=1S/C8H8N4S/c9-12-7(10-8(13)11-12)6-4-2-1-3-5-6/h1-5H,9H2,(H,11,13). The lowest BCUT2D eigenvalue weighted by Crippen LogP contribution is -2.11. The Balaban J connectivity index is 2.59. The molecule has 0 atom stereocenters. The van der Waals surface area contributed by atoms with Crippen LogP contribution in [0.15, 0.2) is 30.3 Å². The van der Waals surface area contributed by atoms with Crippen LogP contribution >= 0.6 is 12.2 Å². The summed E-state index contributed by atoms with van der Waals surface area (Å²) in [6.45, 7) is 0. The van der Waals surface area contributed by atoms with Gasteiger partial charge in [-0.05, 0) is 12.2 Å². The largest absolute Gasteiger partial charge is 0.323 e. The predicted octanol–water partition coefficient (Wildman–Crippen LogP) is 1.32. The van der Waals surface area contributed by atoms with Gasteiger partial charge in [-0.2, -0.15) is 9.77 Å². The van der Waals surface area contributed by atoms with Gasteiger partial charge in [0.25, 0.3) is 0 Å². The normalized spacial score (nSPS) is 10.2. The van der Waals surface area contributed by atoms with Crippen molar-refractivity contribution >= 4 is 12.2 Å². The smallest absolute Gasteiger partial charge is 0.215 e. The van der Waals surface area contributed by atoms with E-state index in [1.165, 1.54) is 4.79 Å². The maximum absolute atomic E-state index is 5.61. The first kappa shape index (κ1) is 8.00. The summed E-state index contributed by atoms with van der Waals surface area (Å²) in [5.41, 5.74) is 0.942. The molecule has 2 rings (SSSR count). The van der Waals surface area contributed by atoms with Crippen LogP contribution in [-0.2, 0) is 0 Å². The van der Waals surface area contributed by atoms with Crippen molar-refractivity contribution in [3.05, 3.63) is 35.1 Å². The highest BCUT2D eigenvalue weighted by Gasteiger charge is 2.03. The van der Waals surface area contributed by atoms with Crippen LogP contribution in [0.3, 0.4) is 0 Å². The van der Waals surface area contributed by atoms with Crippen molar-refractivity contribution in [2.75, 3.05) is 5.84 Å². The van der Waals surface area contributed by atoms with Crippen LogP contribution in [0, 0.1) is 4.77 Å². The summed E-state index contributed by atoms with van der Waals surface area (Å²) in [7, 11) is 0. The van der Waals surface area contributed by atoms with Gasteiger partial charge in [0.05, 0.1) is 0 Å². The molecule has 0 bridgehead atoms. The number of nitrogens with two attached hydrogens (primary N) is 1. The second-order valence-electron chi connectivity index (χ2n) is 2.59. The quantitative estimate of drug-likeness (QED) is 0.529. The van der Waals surface area contributed by atoms with E-state index < -0.39 is 0 Å². The molecule has 0 amide bonds. The van der Waals surface area contributed by atoms with Gasteiger partial charge in [0.15, 0.2) is 5.82 Å². The molecule has 3 N–H and O–H groups in total. The van der Waals surface area contributed by atoms with Crippen molar-refractivity contribution < 1.29 is 0 Å². The second-order valence-corrected chi connectivity index (χ2v) is 2.98. The zero-order chi connectivity index (χ0) is 9.26. The number of hydrogen-bond acceptors (Lipinski definition) is 3. The molecule has 4 nitrogen and oxygen atoms in total. The Labute approximate surface area is 80.0 Å². The first-order valence-corrected chi connectivity index (χ1v) is 4.18. The molecule has 2 aromatic rings. The van der Waals surface area contributed by atoms with Crippen LogP contribution in [0.2, 0.25) is 0 Å². The number of nitrogen functional groups attached to an aromatic ring is 1. The van der Waals surface area contributed by atoms with Crippen LogP contribution < -0.4 is 5.84 Å². The van der Waals surface area contributed by atoms with Crippen molar-refractivity contribution in [3.63, 3.8) is 0 Å². The fraction of sp³-hybridized carbons (Fsp3) is 0.